The second-order valence-corrected chi connectivity index (χ2v) is 19.1. The predicted octanol–water partition coefficient (Wildman–Crippen LogP) is 14.3. The zero-order valence-electron chi connectivity index (χ0n) is 40.6. The molecular weight excluding hydrogens is 933 g/mol. The van der Waals surface area contributed by atoms with Gasteiger partial charge in [0.1, 0.15) is 0 Å². The van der Waals surface area contributed by atoms with Crippen molar-refractivity contribution < 1.29 is 0 Å². The van der Waals surface area contributed by atoms with Gasteiger partial charge in [-0.3, -0.25) is 19.9 Å². The van der Waals surface area contributed by atoms with Crippen molar-refractivity contribution in [3.05, 3.63) is 264 Å². The fourth-order valence-electron chi connectivity index (χ4n) is 11.4. The molecule has 9 aromatic carbocycles. The third-order valence-electron chi connectivity index (χ3n) is 14.8. The summed E-state index contributed by atoms with van der Waals surface area (Å²) in [5.41, 5.74) is 20.1. The third kappa shape index (κ3) is 7.18. The molecule has 4 heterocycles. The normalized spacial score (nSPS) is 14.1. The summed E-state index contributed by atoms with van der Waals surface area (Å²) in [5.74, 6) is 3.47. The first kappa shape index (κ1) is 43.3. The van der Waals surface area contributed by atoms with Crippen LogP contribution in [0.1, 0.15) is 45.2 Å². The maximum absolute atomic E-state index is 5.32. The van der Waals surface area contributed by atoms with E-state index in [4.69, 9.17) is 39.9 Å². The van der Waals surface area contributed by atoms with Gasteiger partial charge in [0, 0.05) is 81.1 Å². The highest BCUT2D eigenvalue weighted by atomic mass is 15.0. The van der Waals surface area contributed by atoms with Crippen LogP contribution >= 0.6 is 0 Å². The number of hydrogen-bond donors (Lipinski definition) is 0. The molecule has 354 valence electrons. The molecule has 76 heavy (non-hydrogen) atoms. The largest absolute Gasteiger partial charge is 0.253 e. The Morgan fingerprint density at radius 2 is 0.566 bits per heavy atom. The van der Waals surface area contributed by atoms with Crippen LogP contribution in [0.5, 0.6) is 0 Å². The highest BCUT2D eigenvalue weighted by Crippen LogP contribution is 2.57. The Bertz CT molecular complexity index is 4150. The lowest BCUT2D eigenvalue weighted by Crippen LogP contribution is -2.27. The zero-order valence-corrected chi connectivity index (χ0v) is 40.6. The molecule has 0 aliphatic heterocycles. The van der Waals surface area contributed by atoms with E-state index in [1.807, 2.05) is 109 Å². The van der Waals surface area contributed by atoms with Gasteiger partial charge in [-0.1, -0.05) is 182 Å². The first-order valence-corrected chi connectivity index (χ1v) is 25.3. The molecule has 0 amide bonds. The van der Waals surface area contributed by atoms with Crippen molar-refractivity contribution in [1.29, 1.82) is 0 Å². The topological polar surface area (TPSA) is 129 Å². The lowest BCUT2D eigenvalue weighted by molar-refractivity contribution is 0.754. The molecule has 0 radical (unpaired) electrons. The van der Waals surface area contributed by atoms with Crippen LogP contribution in [0.15, 0.2) is 231 Å². The first-order valence-electron chi connectivity index (χ1n) is 25.3. The quantitative estimate of drug-likeness (QED) is 0.145. The summed E-state index contributed by atoms with van der Waals surface area (Å²) in [6.45, 7) is 0. The van der Waals surface area contributed by atoms with Crippen LogP contribution in [0, 0.1) is 0 Å². The van der Waals surface area contributed by atoms with Crippen LogP contribution < -0.4 is 0 Å². The van der Waals surface area contributed by atoms with Crippen LogP contribution in [0.4, 0.5) is 0 Å². The molecule has 2 unspecified atom stereocenters. The van der Waals surface area contributed by atoms with Gasteiger partial charge in [0.05, 0.1) is 22.1 Å². The molecule has 0 fully saturated rings. The minimum atomic E-state index is -0.0345. The van der Waals surface area contributed by atoms with E-state index in [1.165, 1.54) is 33.4 Å². The molecule has 10 heteroatoms. The van der Waals surface area contributed by atoms with Crippen molar-refractivity contribution >= 4 is 22.1 Å². The summed E-state index contributed by atoms with van der Waals surface area (Å²) in [4.78, 5) is 50.2. The van der Waals surface area contributed by atoms with Gasteiger partial charge in [-0.05, 0) is 68.8 Å². The van der Waals surface area contributed by atoms with Gasteiger partial charge in [-0.15, -0.1) is 0 Å². The fraction of sp³-hybridized carbons (Fsp3) is 0.0303. The second-order valence-electron chi connectivity index (χ2n) is 19.1. The van der Waals surface area contributed by atoms with Crippen LogP contribution in [0.2, 0.25) is 0 Å². The van der Waals surface area contributed by atoms with E-state index in [-0.39, 0.29) is 11.8 Å². The molecule has 3 aliphatic rings. The molecule has 10 nitrogen and oxygen atoms in total. The number of para-hydroxylation sites is 2. The number of nitrogens with zero attached hydrogens (tertiary/aromatic N) is 10. The third-order valence-corrected chi connectivity index (χ3v) is 14.8. The molecule has 2 atom stereocenters. The summed E-state index contributed by atoms with van der Waals surface area (Å²) in [5, 5.41) is 0. The average molecular weight is 973 g/mol. The van der Waals surface area contributed by atoms with Gasteiger partial charge in [-0.2, -0.15) is 0 Å². The summed E-state index contributed by atoms with van der Waals surface area (Å²) in [7, 11) is 0. The van der Waals surface area contributed by atoms with Gasteiger partial charge in [0.2, 0.25) is 0 Å². The van der Waals surface area contributed by atoms with E-state index in [1.54, 1.807) is 24.8 Å². The minimum Gasteiger partial charge on any atom is -0.253 e. The van der Waals surface area contributed by atoms with E-state index in [9.17, 15) is 0 Å². The smallest absolute Gasteiger partial charge is 0.164 e. The van der Waals surface area contributed by atoms with Gasteiger partial charge in [0.15, 0.2) is 34.9 Å². The van der Waals surface area contributed by atoms with E-state index >= 15 is 0 Å². The minimum absolute atomic E-state index is 0.0345. The summed E-state index contributed by atoms with van der Waals surface area (Å²) in [6, 6.07) is 71.3. The maximum atomic E-state index is 5.32. The van der Waals surface area contributed by atoms with Crippen LogP contribution in [0.3, 0.4) is 0 Å². The van der Waals surface area contributed by atoms with Gasteiger partial charge < -0.3 is 0 Å². The van der Waals surface area contributed by atoms with Crippen molar-refractivity contribution in [2.45, 2.75) is 11.8 Å². The standard InChI is InChI=1S/C66H40N10/c1-3-15-39(16-4-1)61-71-63(75-65(73-61)51-23-11-7-19-43(51)49-25-13-27-55-59(49)69-35-33-67-55)41-29-31-47-53(37-41)57-45-21-9-10-22-46(45)58(47)54-38-42(30-32-48(54)57)64-72-62(40-17-5-2-6-18-40)74-66(76-64)52-24-12-8-20-44(52)50-26-14-28-56-60(50)70-36-34-68-56/h1-38,57-58H. The Morgan fingerprint density at radius 3 is 1.01 bits per heavy atom. The molecular formula is C66H40N10. The number of hydrogen-bond acceptors (Lipinski definition) is 10. The Balaban J connectivity index is 0.862. The average Bonchev–Trinajstić information content (AvgIpc) is 3.52. The summed E-state index contributed by atoms with van der Waals surface area (Å²) < 4.78 is 0. The van der Waals surface area contributed by atoms with Crippen molar-refractivity contribution in [1.82, 2.24) is 49.8 Å². The number of fused-ring (bicyclic) bond motifs is 2. The van der Waals surface area contributed by atoms with Crippen molar-refractivity contribution in [2.24, 2.45) is 0 Å². The molecule has 13 aromatic rings. The van der Waals surface area contributed by atoms with Crippen LogP contribution in [-0.2, 0) is 0 Å². The van der Waals surface area contributed by atoms with Crippen molar-refractivity contribution in [3.8, 4) is 90.6 Å². The molecule has 2 bridgehead atoms. The molecule has 0 N–H and O–H groups in total. The van der Waals surface area contributed by atoms with E-state index in [2.05, 4.69) is 107 Å². The Labute approximate surface area is 436 Å². The van der Waals surface area contributed by atoms with Crippen molar-refractivity contribution in [2.75, 3.05) is 0 Å². The molecule has 0 spiro atoms. The highest BCUT2D eigenvalue weighted by Gasteiger charge is 2.41. The van der Waals surface area contributed by atoms with Crippen LogP contribution in [0.25, 0.3) is 113 Å². The van der Waals surface area contributed by atoms with Gasteiger partial charge in [0.25, 0.3) is 0 Å². The van der Waals surface area contributed by atoms with Gasteiger partial charge >= 0.3 is 0 Å². The number of rotatable bonds is 8. The Kier molecular flexibility index (Phi) is 10.1. The maximum Gasteiger partial charge on any atom is 0.164 e. The summed E-state index contributed by atoms with van der Waals surface area (Å²) >= 11 is 0. The highest BCUT2D eigenvalue weighted by molar-refractivity contribution is 5.97. The van der Waals surface area contributed by atoms with E-state index in [0.29, 0.717) is 34.9 Å². The van der Waals surface area contributed by atoms with Crippen molar-refractivity contribution in [3.63, 3.8) is 0 Å². The molecule has 4 aromatic heterocycles. The predicted molar refractivity (Wildman–Crippen MR) is 298 cm³/mol. The number of benzene rings is 9. The SMILES string of the molecule is c1ccc(-c2nc(-c3ccc4c(c3)C3c5ccccc5C4c4cc(-c5nc(-c6ccccc6)nc(-c6ccccc6-c6cccc7nccnc67)n5)ccc43)nc(-c3ccccc3-c3cccc4nccnc34)n2)cc1. The second kappa shape index (κ2) is 17.7. The molecule has 0 saturated carbocycles. The first-order chi connectivity index (χ1) is 37.7. The Hall–Kier alpha value is -10.3. The Morgan fingerprint density at radius 1 is 0.224 bits per heavy atom. The number of aromatic nitrogens is 10. The van der Waals surface area contributed by atoms with E-state index in [0.717, 1.165) is 77.7 Å². The lowest BCUT2D eigenvalue weighted by atomic mass is 9.61. The van der Waals surface area contributed by atoms with Gasteiger partial charge in [-0.25, -0.2) is 29.9 Å². The molecule has 0 saturated heterocycles. The lowest BCUT2D eigenvalue weighted by Gasteiger charge is -2.42. The molecule has 16 rings (SSSR count). The zero-order chi connectivity index (χ0) is 50.1. The summed E-state index contributed by atoms with van der Waals surface area (Å²) in [6.07, 6.45) is 6.92. The van der Waals surface area contributed by atoms with E-state index < -0.39 is 0 Å². The van der Waals surface area contributed by atoms with Crippen LogP contribution in [-0.4, -0.2) is 49.8 Å². The molecule has 3 aliphatic carbocycles. The monoisotopic (exact) mass is 972 g/mol. The fourth-order valence-corrected chi connectivity index (χ4v) is 11.4.